The van der Waals surface area contributed by atoms with Crippen LogP contribution in [0.5, 0.6) is 0 Å². The van der Waals surface area contributed by atoms with Crippen LogP contribution in [0.15, 0.2) is 0 Å². The monoisotopic (exact) mass is 208 g/mol. The molecule has 0 aromatic heterocycles. The summed E-state index contributed by atoms with van der Waals surface area (Å²) in [4.78, 5) is 0. The van der Waals surface area contributed by atoms with Gasteiger partial charge in [0.2, 0.25) is 0 Å². The summed E-state index contributed by atoms with van der Waals surface area (Å²) in [5.74, 6) is 0. The van der Waals surface area contributed by atoms with Crippen LogP contribution in [0.4, 0.5) is 0 Å². The quantitative estimate of drug-likeness (QED) is 0.516. The van der Waals surface area contributed by atoms with Crippen LogP contribution in [0.1, 0.15) is 33.1 Å². The Labute approximate surface area is 80.9 Å². The highest BCUT2D eigenvalue weighted by Gasteiger charge is 2.15. The highest BCUT2D eigenvalue weighted by molar-refractivity contribution is 7.58. The number of hydrogen-bond acceptors (Lipinski definition) is 3. The minimum absolute atomic E-state index is 0.386. The van der Waals surface area contributed by atoms with Crippen molar-refractivity contribution < 1.29 is 14.2 Å². The molecular formula is C9H21O3P. The Bertz CT molecular complexity index is 168. The molecule has 0 aliphatic carbocycles. The smallest absolute Gasteiger partial charge is 0.200 e. The third kappa shape index (κ3) is 8.48. The molecule has 2 unspecified atom stereocenters. The van der Waals surface area contributed by atoms with Gasteiger partial charge in [-0.25, -0.2) is 0 Å². The van der Waals surface area contributed by atoms with Gasteiger partial charge in [0.25, 0.3) is 0 Å². The fraction of sp³-hybridized carbons (Fsp3) is 1.00. The van der Waals surface area contributed by atoms with E-state index in [4.69, 9.17) is 9.63 Å². The van der Waals surface area contributed by atoms with Crippen LogP contribution in [-0.4, -0.2) is 30.6 Å². The third-order valence-electron chi connectivity index (χ3n) is 1.82. The molecule has 0 fully saturated rings. The van der Waals surface area contributed by atoms with Crippen LogP contribution in [0.25, 0.3) is 0 Å². The van der Waals surface area contributed by atoms with E-state index in [-0.39, 0.29) is 6.10 Å². The first kappa shape index (κ1) is 13.2. The second-order valence-electron chi connectivity index (χ2n) is 3.56. The van der Waals surface area contributed by atoms with Crippen molar-refractivity contribution in [2.45, 2.75) is 39.2 Å². The van der Waals surface area contributed by atoms with Gasteiger partial charge in [-0.3, -0.25) is 4.57 Å². The number of aliphatic hydroxyl groups is 1. The molecule has 0 aromatic rings. The lowest BCUT2D eigenvalue weighted by atomic mass is 10.3. The van der Waals surface area contributed by atoms with E-state index < -0.39 is 7.37 Å². The maximum absolute atomic E-state index is 11.7. The lowest BCUT2D eigenvalue weighted by molar-refractivity contribution is 0.189. The summed E-state index contributed by atoms with van der Waals surface area (Å²) in [6, 6.07) is 0. The molecule has 4 heteroatoms. The molecule has 3 nitrogen and oxygen atoms in total. The van der Waals surface area contributed by atoms with E-state index in [1.165, 1.54) is 0 Å². The van der Waals surface area contributed by atoms with Crippen LogP contribution in [0.2, 0.25) is 0 Å². The Hall–Kier alpha value is 0.150. The molecule has 0 saturated heterocycles. The van der Waals surface area contributed by atoms with Crippen molar-refractivity contribution in [3.63, 3.8) is 0 Å². The second kappa shape index (κ2) is 6.58. The molecule has 80 valence electrons. The van der Waals surface area contributed by atoms with Crippen molar-refractivity contribution in [1.29, 1.82) is 0 Å². The van der Waals surface area contributed by atoms with Gasteiger partial charge in [0.05, 0.1) is 12.7 Å². The average molecular weight is 208 g/mol. The topological polar surface area (TPSA) is 46.5 Å². The lowest BCUT2D eigenvalue weighted by Gasteiger charge is -2.14. The van der Waals surface area contributed by atoms with E-state index >= 15 is 0 Å². The third-order valence-corrected chi connectivity index (χ3v) is 3.61. The fourth-order valence-corrected chi connectivity index (χ4v) is 2.37. The summed E-state index contributed by atoms with van der Waals surface area (Å²) in [5.41, 5.74) is 0. The summed E-state index contributed by atoms with van der Waals surface area (Å²) < 4.78 is 16.9. The van der Waals surface area contributed by atoms with Crippen LogP contribution >= 0.6 is 7.37 Å². The van der Waals surface area contributed by atoms with Crippen molar-refractivity contribution in [2.75, 3.05) is 19.4 Å². The van der Waals surface area contributed by atoms with Crippen LogP contribution in [-0.2, 0) is 9.09 Å². The number of unbranched alkanes of at least 4 members (excludes halogenated alkanes) is 1. The Balaban J connectivity index is 3.61. The summed E-state index contributed by atoms with van der Waals surface area (Å²) in [6.45, 7) is 5.99. The summed E-state index contributed by atoms with van der Waals surface area (Å²) in [5, 5.41) is 9.01. The highest BCUT2D eigenvalue weighted by atomic mass is 31.2. The zero-order valence-electron chi connectivity index (χ0n) is 8.82. The minimum Gasteiger partial charge on any atom is -0.393 e. The molecule has 1 N–H and O–H groups in total. The summed E-state index contributed by atoms with van der Waals surface area (Å²) >= 11 is 0. The summed E-state index contributed by atoms with van der Waals surface area (Å²) in [6.07, 6.45) is 2.65. The normalized spacial score (nSPS) is 18.2. The predicted molar refractivity (Wildman–Crippen MR) is 55.6 cm³/mol. The Morgan fingerprint density at radius 1 is 1.54 bits per heavy atom. The maximum Gasteiger partial charge on any atom is 0.200 e. The van der Waals surface area contributed by atoms with E-state index in [1.54, 1.807) is 13.6 Å². The first-order valence-corrected chi connectivity index (χ1v) is 7.13. The van der Waals surface area contributed by atoms with Gasteiger partial charge in [0.1, 0.15) is 0 Å². The second-order valence-corrected chi connectivity index (χ2v) is 6.30. The molecule has 0 aliphatic rings. The predicted octanol–water partition coefficient (Wildman–Crippen LogP) is 2.48. The van der Waals surface area contributed by atoms with Crippen LogP contribution < -0.4 is 0 Å². The van der Waals surface area contributed by atoms with Gasteiger partial charge >= 0.3 is 0 Å². The molecule has 0 bridgehead atoms. The van der Waals surface area contributed by atoms with E-state index in [1.807, 2.05) is 0 Å². The fourth-order valence-electron chi connectivity index (χ4n) is 0.888. The molecule has 0 rings (SSSR count). The summed E-state index contributed by atoms with van der Waals surface area (Å²) in [7, 11) is -2.44. The number of rotatable bonds is 7. The van der Waals surface area contributed by atoms with Gasteiger partial charge in [-0.2, -0.15) is 0 Å². The first-order chi connectivity index (χ1) is 5.98. The molecule has 13 heavy (non-hydrogen) atoms. The van der Waals surface area contributed by atoms with E-state index in [2.05, 4.69) is 6.92 Å². The van der Waals surface area contributed by atoms with Crippen molar-refractivity contribution in [2.24, 2.45) is 0 Å². The standard InChI is InChI=1S/C9H21O3P/c1-4-5-7-12-13(3,11)8-6-9(2)10/h9-10H,4-8H2,1-3H3. The molecule has 0 radical (unpaired) electrons. The van der Waals surface area contributed by atoms with Gasteiger partial charge in [0.15, 0.2) is 7.37 Å². The van der Waals surface area contributed by atoms with Crippen molar-refractivity contribution >= 4 is 7.37 Å². The van der Waals surface area contributed by atoms with Gasteiger partial charge < -0.3 is 9.63 Å². The van der Waals surface area contributed by atoms with Crippen molar-refractivity contribution in [3.05, 3.63) is 0 Å². The molecule has 0 aliphatic heterocycles. The zero-order chi connectivity index (χ0) is 10.3. The molecule has 0 amide bonds. The first-order valence-electron chi connectivity index (χ1n) is 4.87. The van der Waals surface area contributed by atoms with Gasteiger partial charge in [-0.15, -0.1) is 0 Å². The highest BCUT2D eigenvalue weighted by Crippen LogP contribution is 2.43. The molecule has 0 heterocycles. The van der Waals surface area contributed by atoms with Crippen molar-refractivity contribution in [3.8, 4) is 0 Å². The molecule has 0 saturated carbocycles. The van der Waals surface area contributed by atoms with E-state index in [0.29, 0.717) is 19.2 Å². The molecule has 0 aromatic carbocycles. The molecule has 2 atom stereocenters. The maximum atomic E-state index is 11.7. The minimum atomic E-state index is -2.44. The van der Waals surface area contributed by atoms with E-state index in [9.17, 15) is 4.57 Å². The SMILES string of the molecule is CCCCOP(C)(=O)CCC(C)O. The zero-order valence-corrected chi connectivity index (χ0v) is 9.72. The largest absolute Gasteiger partial charge is 0.393 e. The Morgan fingerprint density at radius 2 is 2.15 bits per heavy atom. The van der Waals surface area contributed by atoms with E-state index in [0.717, 1.165) is 12.8 Å². The number of hydrogen-bond donors (Lipinski definition) is 1. The van der Waals surface area contributed by atoms with Gasteiger partial charge in [-0.05, 0) is 19.8 Å². The van der Waals surface area contributed by atoms with Crippen LogP contribution in [0.3, 0.4) is 0 Å². The van der Waals surface area contributed by atoms with Gasteiger partial charge in [0, 0.05) is 12.8 Å². The molecule has 0 spiro atoms. The lowest BCUT2D eigenvalue weighted by Crippen LogP contribution is -2.04. The molecular weight excluding hydrogens is 187 g/mol. The number of aliphatic hydroxyl groups excluding tert-OH is 1. The van der Waals surface area contributed by atoms with Gasteiger partial charge in [-0.1, -0.05) is 13.3 Å². The van der Waals surface area contributed by atoms with Crippen molar-refractivity contribution in [1.82, 2.24) is 0 Å². The Kier molecular flexibility index (Phi) is 6.66. The average Bonchev–Trinajstić information content (AvgIpc) is 2.02. The Morgan fingerprint density at radius 3 is 2.62 bits per heavy atom. The van der Waals surface area contributed by atoms with Crippen LogP contribution in [0, 0.1) is 0 Å².